The van der Waals surface area contributed by atoms with Gasteiger partial charge in [-0.1, -0.05) is 6.92 Å². The van der Waals surface area contributed by atoms with E-state index in [1.807, 2.05) is 11.4 Å². The summed E-state index contributed by atoms with van der Waals surface area (Å²) in [6, 6.07) is 1.98. The second-order valence-corrected chi connectivity index (χ2v) is 5.48. The molecular formula is C12H14N2OS. The number of hydrogen-bond donors (Lipinski definition) is 2. The number of anilines is 1. The minimum absolute atomic E-state index is 0.449. The Morgan fingerprint density at radius 2 is 2.38 bits per heavy atom. The average Bonchev–Trinajstić information content (AvgIpc) is 2.64. The third kappa shape index (κ3) is 1.33. The third-order valence-electron chi connectivity index (χ3n) is 3.27. The van der Waals surface area contributed by atoms with Crippen LogP contribution >= 0.6 is 11.3 Å². The number of thiophene rings is 1. The van der Waals surface area contributed by atoms with Crippen molar-refractivity contribution >= 4 is 27.2 Å². The standard InChI is InChI=1S/C12H14N2OS/c1-6-4-8-10(9(15)5-6)11(13)7-2-3-16-12(7)14-8/h2-3,6,9,15H,4-5H2,1H3,(H2,13,14)/t6-,9-/m0/s1. The van der Waals surface area contributed by atoms with E-state index in [9.17, 15) is 5.11 Å². The predicted molar refractivity (Wildman–Crippen MR) is 66.5 cm³/mol. The first kappa shape index (κ1) is 10.1. The normalized spacial score (nSPS) is 24.6. The lowest BCUT2D eigenvalue weighted by molar-refractivity contribution is 0.136. The summed E-state index contributed by atoms with van der Waals surface area (Å²) in [4.78, 5) is 5.60. The van der Waals surface area contributed by atoms with E-state index < -0.39 is 6.10 Å². The fourth-order valence-electron chi connectivity index (χ4n) is 2.52. The molecule has 4 heteroatoms. The van der Waals surface area contributed by atoms with Gasteiger partial charge >= 0.3 is 0 Å². The van der Waals surface area contributed by atoms with E-state index in [0.29, 0.717) is 5.92 Å². The van der Waals surface area contributed by atoms with Crippen LogP contribution in [0.5, 0.6) is 0 Å². The van der Waals surface area contributed by atoms with Gasteiger partial charge in [0.2, 0.25) is 0 Å². The summed E-state index contributed by atoms with van der Waals surface area (Å²) in [7, 11) is 0. The molecule has 3 nitrogen and oxygen atoms in total. The summed E-state index contributed by atoms with van der Waals surface area (Å²) in [6.45, 7) is 2.14. The van der Waals surface area contributed by atoms with E-state index in [1.165, 1.54) is 0 Å². The van der Waals surface area contributed by atoms with Crippen LogP contribution in [0, 0.1) is 5.92 Å². The molecule has 0 fully saturated rings. The first-order valence-electron chi connectivity index (χ1n) is 5.50. The van der Waals surface area contributed by atoms with Gasteiger partial charge in [0, 0.05) is 16.6 Å². The molecule has 1 aliphatic rings. The molecule has 0 aromatic carbocycles. The zero-order chi connectivity index (χ0) is 11.3. The third-order valence-corrected chi connectivity index (χ3v) is 4.08. The first-order valence-corrected chi connectivity index (χ1v) is 6.38. The quantitative estimate of drug-likeness (QED) is 0.736. The molecule has 0 amide bonds. The molecule has 0 saturated carbocycles. The summed E-state index contributed by atoms with van der Waals surface area (Å²) >= 11 is 1.60. The van der Waals surface area contributed by atoms with Crippen LogP contribution in [-0.4, -0.2) is 10.1 Å². The number of nitrogens with two attached hydrogens (primary N) is 1. The Morgan fingerprint density at radius 3 is 3.19 bits per heavy atom. The van der Waals surface area contributed by atoms with Crippen molar-refractivity contribution in [2.75, 3.05) is 5.73 Å². The Bertz CT molecular complexity index is 549. The van der Waals surface area contributed by atoms with Crippen LogP contribution in [0.15, 0.2) is 11.4 Å². The minimum Gasteiger partial charge on any atom is -0.398 e. The first-order chi connectivity index (χ1) is 7.66. The van der Waals surface area contributed by atoms with Gasteiger partial charge in [-0.25, -0.2) is 4.98 Å². The van der Waals surface area contributed by atoms with Gasteiger partial charge < -0.3 is 10.8 Å². The molecular weight excluding hydrogens is 220 g/mol. The molecule has 0 radical (unpaired) electrons. The highest BCUT2D eigenvalue weighted by molar-refractivity contribution is 7.16. The van der Waals surface area contributed by atoms with E-state index in [0.717, 1.165) is 40.0 Å². The molecule has 0 saturated heterocycles. The van der Waals surface area contributed by atoms with E-state index >= 15 is 0 Å². The van der Waals surface area contributed by atoms with Crippen molar-refractivity contribution in [2.24, 2.45) is 5.92 Å². The van der Waals surface area contributed by atoms with E-state index in [-0.39, 0.29) is 0 Å². The molecule has 84 valence electrons. The zero-order valence-corrected chi connectivity index (χ0v) is 9.92. The topological polar surface area (TPSA) is 59.1 Å². The van der Waals surface area contributed by atoms with Gasteiger partial charge in [0.05, 0.1) is 11.8 Å². The molecule has 16 heavy (non-hydrogen) atoms. The second-order valence-electron chi connectivity index (χ2n) is 4.59. The van der Waals surface area contributed by atoms with E-state index in [4.69, 9.17) is 5.73 Å². The molecule has 2 atom stereocenters. The minimum atomic E-state index is -0.449. The van der Waals surface area contributed by atoms with Gasteiger partial charge in [-0.15, -0.1) is 11.3 Å². The van der Waals surface area contributed by atoms with Crippen LogP contribution in [0.1, 0.15) is 30.7 Å². The summed E-state index contributed by atoms with van der Waals surface area (Å²) in [5.74, 6) is 0.479. The summed E-state index contributed by atoms with van der Waals surface area (Å²) in [5.41, 5.74) is 8.70. The van der Waals surface area contributed by atoms with Crippen molar-refractivity contribution in [3.8, 4) is 0 Å². The number of fused-ring (bicyclic) bond motifs is 2. The Kier molecular flexibility index (Phi) is 2.16. The lowest BCUT2D eigenvalue weighted by Crippen LogP contribution is -2.19. The Morgan fingerprint density at radius 1 is 1.56 bits per heavy atom. The highest BCUT2D eigenvalue weighted by Gasteiger charge is 2.27. The van der Waals surface area contributed by atoms with Crippen LogP contribution in [0.3, 0.4) is 0 Å². The van der Waals surface area contributed by atoms with Crippen LogP contribution < -0.4 is 5.73 Å². The summed E-state index contributed by atoms with van der Waals surface area (Å²) in [6.07, 6.45) is 1.26. The van der Waals surface area contributed by atoms with Gasteiger partial charge in [-0.2, -0.15) is 0 Å². The molecule has 0 unspecified atom stereocenters. The molecule has 3 rings (SSSR count). The number of hydrogen-bond acceptors (Lipinski definition) is 4. The number of aromatic nitrogens is 1. The lowest BCUT2D eigenvalue weighted by atomic mass is 9.85. The van der Waals surface area contributed by atoms with Crippen LogP contribution in [0.4, 0.5) is 5.69 Å². The predicted octanol–water partition coefficient (Wildman–Crippen LogP) is 2.49. The fraction of sp³-hybridized carbons (Fsp3) is 0.417. The van der Waals surface area contributed by atoms with Crippen molar-refractivity contribution in [3.63, 3.8) is 0 Å². The highest BCUT2D eigenvalue weighted by Crippen LogP contribution is 2.39. The maximum atomic E-state index is 10.1. The monoisotopic (exact) mass is 234 g/mol. The number of rotatable bonds is 0. The fourth-order valence-corrected chi connectivity index (χ4v) is 3.32. The van der Waals surface area contributed by atoms with Crippen molar-refractivity contribution in [2.45, 2.75) is 25.9 Å². The molecule has 0 aliphatic heterocycles. The van der Waals surface area contributed by atoms with Gasteiger partial charge in [-0.05, 0) is 30.2 Å². The molecule has 3 N–H and O–H groups in total. The lowest BCUT2D eigenvalue weighted by Gasteiger charge is -2.26. The molecule has 0 spiro atoms. The van der Waals surface area contributed by atoms with E-state index in [2.05, 4.69) is 11.9 Å². The second kappa shape index (κ2) is 3.43. The van der Waals surface area contributed by atoms with Crippen molar-refractivity contribution in [1.29, 1.82) is 0 Å². The van der Waals surface area contributed by atoms with Gasteiger partial charge in [0.25, 0.3) is 0 Å². The molecule has 2 aromatic rings. The van der Waals surface area contributed by atoms with Crippen molar-refractivity contribution in [3.05, 3.63) is 22.7 Å². The van der Waals surface area contributed by atoms with Crippen LogP contribution in [0.2, 0.25) is 0 Å². The SMILES string of the molecule is C[C@H]1Cc2nc3sccc3c(N)c2[C@@H](O)C1. The number of aliphatic hydroxyl groups is 1. The number of aliphatic hydroxyl groups excluding tert-OH is 1. The summed E-state index contributed by atoms with van der Waals surface area (Å²) in [5, 5.41) is 13.1. The largest absolute Gasteiger partial charge is 0.398 e. The zero-order valence-electron chi connectivity index (χ0n) is 9.10. The Labute approximate surface area is 97.9 Å². The highest BCUT2D eigenvalue weighted by atomic mass is 32.1. The van der Waals surface area contributed by atoms with Crippen LogP contribution in [0.25, 0.3) is 10.2 Å². The number of nitrogens with zero attached hydrogens (tertiary/aromatic N) is 1. The van der Waals surface area contributed by atoms with E-state index in [1.54, 1.807) is 11.3 Å². The van der Waals surface area contributed by atoms with Crippen LogP contribution in [-0.2, 0) is 6.42 Å². The molecule has 2 aromatic heterocycles. The maximum absolute atomic E-state index is 10.1. The van der Waals surface area contributed by atoms with Gasteiger partial charge in [0.1, 0.15) is 4.83 Å². The average molecular weight is 234 g/mol. The summed E-state index contributed by atoms with van der Waals surface area (Å²) < 4.78 is 0. The number of pyridine rings is 1. The Balaban J connectivity index is 2.30. The molecule has 1 aliphatic carbocycles. The van der Waals surface area contributed by atoms with Crippen molar-refractivity contribution < 1.29 is 5.11 Å². The maximum Gasteiger partial charge on any atom is 0.125 e. The van der Waals surface area contributed by atoms with Crippen molar-refractivity contribution in [1.82, 2.24) is 4.98 Å². The smallest absolute Gasteiger partial charge is 0.125 e. The molecule has 2 heterocycles. The van der Waals surface area contributed by atoms with Gasteiger partial charge in [-0.3, -0.25) is 0 Å². The Hall–Kier alpha value is -1.13. The van der Waals surface area contributed by atoms with Gasteiger partial charge in [0.15, 0.2) is 0 Å². The number of nitrogen functional groups attached to an aromatic ring is 1. The molecule has 0 bridgehead atoms.